The van der Waals surface area contributed by atoms with Crippen molar-refractivity contribution < 1.29 is 49.7 Å². The second-order valence-electron chi connectivity index (χ2n) is 4.79. The van der Waals surface area contributed by atoms with Gasteiger partial charge in [0.15, 0.2) is 18.1 Å². The van der Waals surface area contributed by atoms with Gasteiger partial charge in [0.1, 0.15) is 0 Å². The molecule has 0 amide bonds. The molecule has 0 spiro atoms. The summed E-state index contributed by atoms with van der Waals surface area (Å²) in [4.78, 5) is 11.0. The van der Waals surface area contributed by atoms with Gasteiger partial charge in [-0.3, -0.25) is 0 Å². The number of esters is 1. The van der Waals surface area contributed by atoms with Crippen molar-refractivity contribution in [2.24, 2.45) is 5.10 Å². The molecule has 0 aliphatic rings. The van der Waals surface area contributed by atoms with Crippen molar-refractivity contribution in [3.8, 4) is 11.5 Å². The summed E-state index contributed by atoms with van der Waals surface area (Å²) in [5.41, 5.74) is 0.483. The van der Waals surface area contributed by atoms with Gasteiger partial charge in [0.05, 0.1) is 20.4 Å². The minimum Gasteiger partial charge on any atom is -0.493 e. The predicted molar refractivity (Wildman–Crippen MR) is 77.2 cm³/mol. The standard InChI is InChI=1S/C14H13F7N2O4/c1-25-10-5-8(3-4-9(10)27-7-11(24)26-2)6-22-23-14(20,21)12(15,16)13(17,18)19/h3-6,23H,7H2,1-2H3/b22-6+. The molecule has 0 fully saturated rings. The minimum absolute atomic E-state index is 0.00380. The van der Waals surface area contributed by atoms with E-state index < -0.39 is 30.7 Å². The number of hydrazone groups is 1. The molecular weight excluding hydrogens is 393 g/mol. The van der Waals surface area contributed by atoms with Gasteiger partial charge in [-0.25, -0.2) is 10.2 Å². The second-order valence-corrected chi connectivity index (χ2v) is 4.79. The number of hydrogen-bond acceptors (Lipinski definition) is 6. The number of nitrogens with zero attached hydrogens (tertiary/aromatic N) is 1. The molecule has 152 valence electrons. The Labute approximate surface area is 147 Å². The Kier molecular flexibility index (Phi) is 6.87. The molecule has 0 saturated heterocycles. The molecule has 1 rings (SSSR count). The van der Waals surface area contributed by atoms with Crippen LogP contribution in [0.3, 0.4) is 0 Å². The number of methoxy groups -OCH3 is 2. The summed E-state index contributed by atoms with van der Waals surface area (Å²) in [6, 6.07) is -2.10. The molecule has 1 N–H and O–H groups in total. The number of carbonyl (C=O) groups excluding carboxylic acids is 1. The van der Waals surface area contributed by atoms with Crippen LogP contribution in [0, 0.1) is 0 Å². The first-order chi connectivity index (χ1) is 12.4. The van der Waals surface area contributed by atoms with E-state index in [0.717, 1.165) is 13.2 Å². The summed E-state index contributed by atoms with van der Waals surface area (Å²) in [6.07, 6.45) is -5.91. The topological polar surface area (TPSA) is 69.2 Å². The van der Waals surface area contributed by atoms with Crippen LogP contribution in [-0.2, 0) is 9.53 Å². The Bertz CT molecular complexity index is 693. The number of carbonyl (C=O) groups is 1. The molecule has 0 aliphatic carbocycles. The van der Waals surface area contributed by atoms with Crippen LogP contribution in [0.25, 0.3) is 0 Å². The summed E-state index contributed by atoms with van der Waals surface area (Å²) in [5, 5.41) is 2.71. The smallest absolute Gasteiger partial charge is 0.462 e. The number of rotatable bonds is 8. The fraction of sp³-hybridized carbons (Fsp3) is 0.429. The van der Waals surface area contributed by atoms with Gasteiger partial charge in [0.25, 0.3) is 0 Å². The monoisotopic (exact) mass is 406 g/mol. The SMILES string of the molecule is COC(=O)COc1ccc(/C=N/NC(F)(F)C(F)(F)C(F)(F)F)cc1OC. The van der Waals surface area contributed by atoms with E-state index in [1.54, 1.807) is 0 Å². The summed E-state index contributed by atoms with van der Waals surface area (Å²) in [6.45, 7) is -0.458. The largest absolute Gasteiger partial charge is 0.493 e. The van der Waals surface area contributed by atoms with E-state index in [1.165, 1.54) is 19.2 Å². The van der Waals surface area contributed by atoms with Gasteiger partial charge in [0.2, 0.25) is 0 Å². The molecule has 0 heterocycles. The van der Waals surface area contributed by atoms with Gasteiger partial charge < -0.3 is 14.2 Å². The number of nitrogens with one attached hydrogen (secondary N) is 1. The van der Waals surface area contributed by atoms with E-state index >= 15 is 0 Å². The highest BCUT2D eigenvalue weighted by Crippen LogP contribution is 2.45. The van der Waals surface area contributed by atoms with Gasteiger partial charge in [0, 0.05) is 0 Å². The molecule has 0 aliphatic heterocycles. The molecular formula is C14H13F7N2O4. The lowest BCUT2D eigenvalue weighted by molar-refractivity contribution is -0.361. The van der Waals surface area contributed by atoms with E-state index in [1.807, 2.05) is 0 Å². The van der Waals surface area contributed by atoms with E-state index in [9.17, 15) is 35.5 Å². The van der Waals surface area contributed by atoms with Crippen LogP contribution in [0.1, 0.15) is 5.56 Å². The maximum Gasteiger partial charge on any atom is 0.462 e. The number of halogens is 7. The molecule has 1 aromatic rings. The van der Waals surface area contributed by atoms with Gasteiger partial charge in [-0.1, -0.05) is 0 Å². The van der Waals surface area contributed by atoms with Crippen LogP contribution >= 0.6 is 0 Å². The zero-order valence-corrected chi connectivity index (χ0v) is 13.7. The second kappa shape index (κ2) is 8.31. The van der Waals surface area contributed by atoms with E-state index in [-0.39, 0.29) is 17.1 Å². The first-order valence-electron chi connectivity index (χ1n) is 6.86. The lowest BCUT2D eigenvalue weighted by Gasteiger charge is -2.27. The Morgan fingerprint density at radius 1 is 1.11 bits per heavy atom. The summed E-state index contributed by atoms with van der Waals surface area (Å²) in [7, 11) is 2.34. The Morgan fingerprint density at radius 3 is 2.26 bits per heavy atom. The predicted octanol–water partition coefficient (Wildman–Crippen LogP) is 2.96. The summed E-state index contributed by atoms with van der Waals surface area (Å²) < 4.78 is 102. The van der Waals surface area contributed by atoms with Crippen LogP contribution in [0.4, 0.5) is 30.7 Å². The maximum atomic E-state index is 13.0. The van der Waals surface area contributed by atoms with Gasteiger partial charge in [-0.15, -0.1) is 0 Å². The summed E-state index contributed by atoms with van der Waals surface area (Å²) in [5.74, 6) is -6.96. The van der Waals surface area contributed by atoms with Crippen LogP contribution in [0.2, 0.25) is 0 Å². The lowest BCUT2D eigenvalue weighted by atomic mass is 10.2. The third-order valence-corrected chi connectivity index (χ3v) is 2.93. The molecule has 0 aromatic heterocycles. The van der Waals surface area contributed by atoms with E-state index in [4.69, 9.17) is 9.47 Å². The van der Waals surface area contributed by atoms with Crippen molar-refractivity contribution in [2.75, 3.05) is 20.8 Å². The third-order valence-electron chi connectivity index (χ3n) is 2.93. The Hall–Kier alpha value is -2.73. The minimum atomic E-state index is -6.47. The fourth-order valence-electron chi connectivity index (χ4n) is 1.52. The highest BCUT2D eigenvalue weighted by atomic mass is 19.4. The molecule has 0 atom stereocenters. The number of benzene rings is 1. The van der Waals surface area contributed by atoms with Crippen molar-refractivity contribution in [3.05, 3.63) is 23.8 Å². The van der Waals surface area contributed by atoms with E-state index in [0.29, 0.717) is 11.6 Å². The Balaban J connectivity index is 2.88. The number of ether oxygens (including phenoxy) is 3. The molecule has 0 bridgehead atoms. The maximum absolute atomic E-state index is 13.0. The van der Waals surface area contributed by atoms with Crippen LogP contribution in [-0.4, -0.2) is 51.2 Å². The molecule has 6 nitrogen and oxygen atoms in total. The average Bonchev–Trinajstić information content (AvgIpc) is 2.58. The lowest BCUT2D eigenvalue weighted by Crippen LogP contribution is -2.58. The molecule has 27 heavy (non-hydrogen) atoms. The quantitative estimate of drug-likeness (QED) is 0.236. The molecule has 13 heteroatoms. The van der Waals surface area contributed by atoms with Crippen molar-refractivity contribution in [2.45, 2.75) is 18.1 Å². The molecule has 0 radical (unpaired) electrons. The van der Waals surface area contributed by atoms with Crippen molar-refractivity contribution in [3.63, 3.8) is 0 Å². The first-order valence-corrected chi connectivity index (χ1v) is 6.86. The first kappa shape index (κ1) is 22.3. The van der Waals surface area contributed by atoms with Crippen molar-refractivity contribution >= 4 is 12.2 Å². The highest BCUT2D eigenvalue weighted by molar-refractivity contribution is 5.80. The zero-order valence-electron chi connectivity index (χ0n) is 13.7. The van der Waals surface area contributed by atoms with Crippen molar-refractivity contribution in [1.29, 1.82) is 0 Å². The average molecular weight is 406 g/mol. The Morgan fingerprint density at radius 2 is 1.74 bits per heavy atom. The molecule has 0 unspecified atom stereocenters. The van der Waals surface area contributed by atoms with Crippen LogP contribution in [0.15, 0.2) is 23.3 Å². The van der Waals surface area contributed by atoms with Gasteiger partial charge >= 0.3 is 24.1 Å². The molecule has 1 aromatic carbocycles. The highest BCUT2D eigenvalue weighted by Gasteiger charge is 2.73. The van der Waals surface area contributed by atoms with E-state index in [2.05, 4.69) is 9.84 Å². The van der Waals surface area contributed by atoms with Crippen LogP contribution < -0.4 is 14.9 Å². The summed E-state index contributed by atoms with van der Waals surface area (Å²) >= 11 is 0. The number of alkyl halides is 7. The van der Waals surface area contributed by atoms with Crippen LogP contribution in [0.5, 0.6) is 11.5 Å². The molecule has 0 saturated carbocycles. The normalized spacial score (nSPS) is 12.8. The third kappa shape index (κ3) is 5.37. The fourth-order valence-corrected chi connectivity index (χ4v) is 1.52. The number of hydrogen-bond donors (Lipinski definition) is 1. The zero-order chi connectivity index (χ0) is 20.9. The van der Waals surface area contributed by atoms with Gasteiger partial charge in [-0.05, 0) is 23.8 Å². The van der Waals surface area contributed by atoms with Crippen molar-refractivity contribution in [1.82, 2.24) is 5.43 Å². The van der Waals surface area contributed by atoms with Gasteiger partial charge in [-0.2, -0.15) is 35.8 Å².